The second kappa shape index (κ2) is 9.15. The smallest absolute Gasteiger partial charge is 0.265 e. The highest BCUT2D eigenvalue weighted by Crippen LogP contribution is 2.34. The van der Waals surface area contributed by atoms with Gasteiger partial charge in [0.2, 0.25) is 15.9 Å². The van der Waals surface area contributed by atoms with Crippen molar-refractivity contribution in [2.45, 2.75) is 44.1 Å². The lowest BCUT2D eigenvalue weighted by molar-refractivity contribution is -0.124. The van der Waals surface area contributed by atoms with E-state index in [4.69, 9.17) is 4.74 Å². The first-order valence-electron chi connectivity index (χ1n) is 11.2. The fraction of sp³-hybridized carbons (Fsp3) is 0.417. The molecule has 0 bridgehead atoms. The van der Waals surface area contributed by atoms with Crippen LogP contribution < -0.4 is 15.0 Å². The van der Waals surface area contributed by atoms with Gasteiger partial charge >= 0.3 is 0 Å². The van der Waals surface area contributed by atoms with Crippen molar-refractivity contribution >= 4 is 33.2 Å². The molecule has 1 N–H and O–H groups in total. The number of sulfonamides is 1. The molecule has 8 nitrogen and oxygen atoms in total. The summed E-state index contributed by atoms with van der Waals surface area (Å²) in [5.74, 6) is -0.0552. The summed E-state index contributed by atoms with van der Waals surface area (Å²) in [5.41, 5.74) is 2.30. The lowest BCUT2D eigenvalue weighted by Gasteiger charge is -2.33. The lowest BCUT2D eigenvalue weighted by Crippen LogP contribution is -2.43. The Morgan fingerprint density at radius 1 is 1.15 bits per heavy atom. The van der Waals surface area contributed by atoms with Crippen molar-refractivity contribution in [1.82, 2.24) is 4.31 Å². The molecule has 4 rings (SSSR count). The van der Waals surface area contributed by atoms with E-state index >= 15 is 0 Å². The van der Waals surface area contributed by atoms with Gasteiger partial charge in [0, 0.05) is 31.7 Å². The maximum absolute atomic E-state index is 13.2. The Morgan fingerprint density at radius 2 is 1.82 bits per heavy atom. The van der Waals surface area contributed by atoms with Gasteiger partial charge in [0.1, 0.15) is 5.75 Å². The van der Waals surface area contributed by atoms with Crippen molar-refractivity contribution in [2.24, 2.45) is 5.92 Å². The fourth-order valence-electron chi connectivity index (χ4n) is 4.22. The highest BCUT2D eigenvalue weighted by atomic mass is 32.2. The minimum Gasteiger partial charge on any atom is -0.478 e. The highest BCUT2D eigenvalue weighted by molar-refractivity contribution is 7.89. The highest BCUT2D eigenvalue weighted by Gasteiger charge is 2.34. The number of fused-ring (bicyclic) bond motifs is 1. The lowest BCUT2D eigenvalue weighted by atomic mass is 9.96. The molecule has 2 heterocycles. The predicted molar refractivity (Wildman–Crippen MR) is 126 cm³/mol. The van der Waals surface area contributed by atoms with Gasteiger partial charge in [-0.1, -0.05) is 24.6 Å². The first-order chi connectivity index (χ1) is 15.7. The average molecular weight is 472 g/mol. The largest absolute Gasteiger partial charge is 0.478 e. The van der Waals surface area contributed by atoms with E-state index in [2.05, 4.69) is 5.32 Å². The van der Waals surface area contributed by atoms with Crippen LogP contribution in [-0.4, -0.2) is 50.8 Å². The van der Waals surface area contributed by atoms with Crippen LogP contribution in [0.15, 0.2) is 47.4 Å². The molecular weight excluding hydrogens is 442 g/mol. The number of carbonyl (C=O) groups excluding carboxylic acids is 2. The van der Waals surface area contributed by atoms with Crippen LogP contribution in [0.2, 0.25) is 0 Å². The van der Waals surface area contributed by atoms with E-state index in [1.807, 2.05) is 38.1 Å². The molecule has 0 aromatic heterocycles. The Labute approximate surface area is 194 Å². The molecule has 0 spiro atoms. The van der Waals surface area contributed by atoms with E-state index in [-0.39, 0.29) is 35.7 Å². The molecule has 0 aliphatic carbocycles. The number of amides is 2. The summed E-state index contributed by atoms with van der Waals surface area (Å²) < 4.78 is 33.5. The number of benzene rings is 2. The molecule has 1 fully saturated rings. The van der Waals surface area contributed by atoms with E-state index in [1.54, 1.807) is 18.0 Å². The molecule has 2 aromatic rings. The van der Waals surface area contributed by atoms with E-state index in [0.717, 1.165) is 11.3 Å². The number of aryl methyl sites for hydroxylation is 1. The quantitative estimate of drug-likeness (QED) is 0.723. The molecule has 2 aliphatic heterocycles. The number of ether oxygens (including phenoxy) is 1. The van der Waals surface area contributed by atoms with Crippen molar-refractivity contribution in [2.75, 3.05) is 30.4 Å². The molecular formula is C24H29N3O5S. The number of anilines is 2. The second-order valence-corrected chi connectivity index (χ2v) is 10.5. The van der Waals surface area contributed by atoms with Gasteiger partial charge < -0.3 is 15.0 Å². The van der Waals surface area contributed by atoms with Crippen LogP contribution in [0.25, 0.3) is 0 Å². The summed E-state index contributed by atoms with van der Waals surface area (Å²) in [6.07, 6.45) is 0.863. The van der Waals surface area contributed by atoms with Gasteiger partial charge in [0.25, 0.3) is 5.91 Å². The standard InChI is InChI=1S/C24H29N3O5S/c1-4-21-23(28)25-20-15-19(9-10-22(20)32-21)33(30,31)27-13-11-17(12-14-27)24(29)26(3)18-7-5-16(2)6-8-18/h5-10,15,17,21H,4,11-14H2,1-3H3,(H,25,28)/t21-/m0/s1. The van der Waals surface area contributed by atoms with Crippen molar-refractivity contribution < 1.29 is 22.7 Å². The minimum absolute atomic E-state index is 0.00461. The third-order valence-electron chi connectivity index (χ3n) is 6.33. The van der Waals surface area contributed by atoms with Crippen molar-refractivity contribution in [3.8, 4) is 5.75 Å². The summed E-state index contributed by atoms with van der Waals surface area (Å²) >= 11 is 0. The number of piperidine rings is 1. The molecule has 33 heavy (non-hydrogen) atoms. The monoisotopic (exact) mass is 471 g/mol. The van der Waals surface area contributed by atoms with Gasteiger partial charge in [-0.15, -0.1) is 0 Å². The molecule has 2 amide bonds. The zero-order valence-corrected chi connectivity index (χ0v) is 19.9. The van der Waals surface area contributed by atoms with Crippen LogP contribution in [0.3, 0.4) is 0 Å². The molecule has 0 unspecified atom stereocenters. The third kappa shape index (κ3) is 4.60. The molecule has 9 heteroatoms. The van der Waals surface area contributed by atoms with Crippen LogP contribution in [0, 0.1) is 12.8 Å². The number of hydrogen-bond donors (Lipinski definition) is 1. The fourth-order valence-corrected chi connectivity index (χ4v) is 5.72. The van der Waals surface area contributed by atoms with Gasteiger partial charge in [-0.3, -0.25) is 9.59 Å². The van der Waals surface area contributed by atoms with Crippen LogP contribution in [-0.2, 0) is 19.6 Å². The SMILES string of the molecule is CC[C@@H]1Oc2ccc(S(=O)(=O)N3CCC(C(=O)N(C)c4ccc(C)cc4)CC3)cc2NC1=O. The topological polar surface area (TPSA) is 96.0 Å². The summed E-state index contributed by atoms with van der Waals surface area (Å²) in [6, 6.07) is 12.3. The van der Waals surface area contributed by atoms with Crippen molar-refractivity contribution in [1.29, 1.82) is 0 Å². The first kappa shape index (κ1) is 23.3. The van der Waals surface area contributed by atoms with Crippen LogP contribution in [0.4, 0.5) is 11.4 Å². The summed E-state index contributed by atoms with van der Waals surface area (Å²) in [7, 11) is -2.00. The minimum atomic E-state index is -3.76. The third-order valence-corrected chi connectivity index (χ3v) is 8.23. The van der Waals surface area contributed by atoms with E-state index < -0.39 is 16.1 Å². The maximum atomic E-state index is 13.2. The van der Waals surface area contributed by atoms with E-state index in [9.17, 15) is 18.0 Å². The Hall–Kier alpha value is -2.91. The number of carbonyl (C=O) groups is 2. The van der Waals surface area contributed by atoms with Crippen LogP contribution >= 0.6 is 0 Å². The number of hydrogen-bond acceptors (Lipinski definition) is 5. The normalized spacial score (nSPS) is 19.4. The predicted octanol–water partition coefficient (Wildman–Crippen LogP) is 3.17. The molecule has 1 saturated heterocycles. The Kier molecular flexibility index (Phi) is 6.45. The first-order valence-corrected chi connectivity index (χ1v) is 12.6. The molecule has 176 valence electrons. The van der Waals surface area contributed by atoms with Gasteiger partial charge in [-0.25, -0.2) is 8.42 Å². The average Bonchev–Trinajstić information content (AvgIpc) is 2.82. The Bertz CT molecular complexity index is 1160. The Morgan fingerprint density at radius 3 is 2.45 bits per heavy atom. The van der Waals surface area contributed by atoms with Crippen LogP contribution in [0.5, 0.6) is 5.75 Å². The van der Waals surface area contributed by atoms with Crippen molar-refractivity contribution in [3.63, 3.8) is 0 Å². The second-order valence-electron chi connectivity index (χ2n) is 8.57. The summed E-state index contributed by atoms with van der Waals surface area (Å²) in [4.78, 5) is 26.8. The van der Waals surface area contributed by atoms with Gasteiger partial charge in [-0.05, 0) is 56.5 Å². The zero-order chi connectivity index (χ0) is 23.8. The zero-order valence-electron chi connectivity index (χ0n) is 19.1. The van der Waals surface area contributed by atoms with Crippen molar-refractivity contribution in [3.05, 3.63) is 48.0 Å². The van der Waals surface area contributed by atoms with E-state index in [0.29, 0.717) is 30.7 Å². The van der Waals surface area contributed by atoms with Gasteiger partial charge in [0.05, 0.1) is 10.6 Å². The Balaban J connectivity index is 1.43. The van der Waals surface area contributed by atoms with E-state index in [1.165, 1.54) is 16.4 Å². The number of rotatable bonds is 5. The molecule has 1 atom stereocenters. The van der Waals surface area contributed by atoms with Crippen LogP contribution in [0.1, 0.15) is 31.7 Å². The number of nitrogens with zero attached hydrogens (tertiary/aromatic N) is 2. The van der Waals surface area contributed by atoms with Gasteiger partial charge in [0.15, 0.2) is 6.10 Å². The maximum Gasteiger partial charge on any atom is 0.265 e. The summed E-state index contributed by atoms with van der Waals surface area (Å²) in [6.45, 7) is 4.37. The molecule has 0 saturated carbocycles. The molecule has 2 aromatic carbocycles. The number of nitrogens with one attached hydrogen (secondary N) is 1. The molecule has 2 aliphatic rings. The molecule has 0 radical (unpaired) electrons. The van der Waals surface area contributed by atoms with Gasteiger partial charge in [-0.2, -0.15) is 4.31 Å². The summed E-state index contributed by atoms with van der Waals surface area (Å²) in [5, 5.41) is 2.73.